The van der Waals surface area contributed by atoms with Crippen molar-refractivity contribution in [1.82, 2.24) is 9.88 Å². The number of hydrogen-bond donors (Lipinski definition) is 2. The Kier molecular flexibility index (Phi) is 3.45. The van der Waals surface area contributed by atoms with Gasteiger partial charge in [0.15, 0.2) is 0 Å². The Labute approximate surface area is 104 Å². The van der Waals surface area contributed by atoms with Gasteiger partial charge in [-0.15, -0.1) is 0 Å². The zero-order valence-electron chi connectivity index (χ0n) is 9.74. The number of carboxylic acid groups (broad SMARTS) is 2. The molecule has 1 saturated heterocycles. The van der Waals surface area contributed by atoms with Crippen LogP contribution >= 0.6 is 0 Å². The summed E-state index contributed by atoms with van der Waals surface area (Å²) in [6.07, 6.45) is 2.19. The van der Waals surface area contributed by atoms with Crippen LogP contribution in [-0.4, -0.2) is 45.2 Å². The summed E-state index contributed by atoms with van der Waals surface area (Å²) >= 11 is 0. The lowest BCUT2D eigenvalue weighted by Gasteiger charge is -2.30. The third kappa shape index (κ3) is 2.58. The van der Waals surface area contributed by atoms with Crippen molar-refractivity contribution in [3.63, 3.8) is 0 Å². The van der Waals surface area contributed by atoms with Gasteiger partial charge in [-0.3, -0.25) is 0 Å². The van der Waals surface area contributed by atoms with Crippen molar-refractivity contribution in [2.45, 2.75) is 18.8 Å². The van der Waals surface area contributed by atoms with E-state index in [4.69, 9.17) is 10.2 Å². The first-order valence-corrected chi connectivity index (χ1v) is 5.75. The van der Waals surface area contributed by atoms with Crippen LogP contribution in [0, 0.1) is 0 Å². The fourth-order valence-electron chi connectivity index (χ4n) is 2.18. The Bertz CT molecular complexity index is 450. The van der Waals surface area contributed by atoms with Crippen molar-refractivity contribution < 1.29 is 19.8 Å². The van der Waals surface area contributed by atoms with Crippen LogP contribution in [0.4, 0.5) is 4.79 Å². The smallest absolute Gasteiger partial charge is 0.407 e. The highest BCUT2D eigenvalue weighted by molar-refractivity contribution is 5.85. The number of pyridine rings is 1. The van der Waals surface area contributed by atoms with Gasteiger partial charge in [-0.25, -0.2) is 14.6 Å². The Hall–Kier alpha value is -2.11. The number of amides is 1. The molecule has 1 aliphatic rings. The van der Waals surface area contributed by atoms with E-state index in [0.717, 1.165) is 18.4 Å². The molecule has 6 heteroatoms. The molecule has 0 aliphatic carbocycles. The third-order valence-corrected chi connectivity index (χ3v) is 3.24. The number of rotatable bonds is 2. The van der Waals surface area contributed by atoms with Gasteiger partial charge in [0.05, 0.1) is 0 Å². The van der Waals surface area contributed by atoms with Gasteiger partial charge < -0.3 is 15.1 Å². The average Bonchev–Trinajstić information content (AvgIpc) is 2.39. The van der Waals surface area contributed by atoms with Gasteiger partial charge in [0, 0.05) is 19.3 Å². The molecule has 0 aromatic carbocycles. The van der Waals surface area contributed by atoms with E-state index in [1.165, 1.54) is 11.0 Å². The number of carbonyl (C=O) groups is 2. The Morgan fingerprint density at radius 1 is 1.22 bits per heavy atom. The first-order chi connectivity index (χ1) is 8.58. The second kappa shape index (κ2) is 5.03. The van der Waals surface area contributed by atoms with Gasteiger partial charge >= 0.3 is 12.1 Å². The molecule has 2 N–H and O–H groups in total. The van der Waals surface area contributed by atoms with Crippen molar-refractivity contribution in [2.24, 2.45) is 0 Å². The van der Waals surface area contributed by atoms with Gasteiger partial charge in [0.1, 0.15) is 5.69 Å². The van der Waals surface area contributed by atoms with Crippen LogP contribution in [0.5, 0.6) is 0 Å². The molecule has 0 saturated carbocycles. The number of aromatic carboxylic acids is 1. The number of carboxylic acids is 1. The lowest BCUT2D eigenvalue weighted by Crippen LogP contribution is -2.36. The molecule has 96 valence electrons. The van der Waals surface area contributed by atoms with Crippen LogP contribution in [0.3, 0.4) is 0 Å². The Balaban J connectivity index is 2.01. The van der Waals surface area contributed by atoms with E-state index in [-0.39, 0.29) is 11.6 Å². The molecule has 0 unspecified atom stereocenters. The molecule has 6 nitrogen and oxygen atoms in total. The maximum absolute atomic E-state index is 10.8. The van der Waals surface area contributed by atoms with E-state index >= 15 is 0 Å². The molecular weight excluding hydrogens is 236 g/mol. The van der Waals surface area contributed by atoms with Crippen LogP contribution in [0.15, 0.2) is 18.3 Å². The monoisotopic (exact) mass is 250 g/mol. The van der Waals surface area contributed by atoms with Gasteiger partial charge in [-0.2, -0.15) is 0 Å². The normalized spacial score (nSPS) is 16.6. The van der Waals surface area contributed by atoms with Crippen molar-refractivity contribution in [1.29, 1.82) is 0 Å². The summed E-state index contributed by atoms with van der Waals surface area (Å²) in [5.74, 6) is -0.779. The lowest BCUT2D eigenvalue weighted by molar-refractivity contribution is 0.0690. The van der Waals surface area contributed by atoms with Crippen molar-refractivity contribution in [3.8, 4) is 0 Å². The average molecular weight is 250 g/mol. The molecule has 0 spiro atoms. The second-order valence-corrected chi connectivity index (χ2v) is 4.33. The van der Waals surface area contributed by atoms with E-state index in [0.29, 0.717) is 13.1 Å². The summed E-state index contributed by atoms with van der Waals surface area (Å²) in [7, 11) is 0. The highest BCUT2D eigenvalue weighted by atomic mass is 16.4. The zero-order chi connectivity index (χ0) is 13.1. The summed E-state index contributed by atoms with van der Waals surface area (Å²) in [4.78, 5) is 26.7. The molecule has 1 aromatic heterocycles. The maximum atomic E-state index is 10.8. The second-order valence-electron chi connectivity index (χ2n) is 4.33. The van der Waals surface area contributed by atoms with E-state index in [9.17, 15) is 9.59 Å². The number of piperidine rings is 1. The van der Waals surface area contributed by atoms with E-state index < -0.39 is 12.1 Å². The molecule has 1 aromatic rings. The highest BCUT2D eigenvalue weighted by Gasteiger charge is 2.23. The quantitative estimate of drug-likeness (QED) is 0.832. The Morgan fingerprint density at radius 2 is 1.89 bits per heavy atom. The molecule has 0 bridgehead atoms. The minimum Gasteiger partial charge on any atom is -0.477 e. The largest absolute Gasteiger partial charge is 0.477 e. The van der Waals surface area contributed by atoms with E-state index in [2.05, 4.69) is 4.98 Å². The number of nitrogens with zero attached hydrogens (tertiary/aromatic N) is 2. The van der Waals surface area contributed by atoms with Crippen LogP contribution < -0.4 is 0 Å². The molecule has 18 heavy (non-hydrogen) atoms. The van der Waals surface area contributed by atoms with Gasteiger partial charge in [0.25, 0.3) is 0 Å². The zero-order valence-corrected chi connectivity index (χ0v) is 9.74. The summed E-state index contributed by atoms with van der Waals surface area (Å²) in [5.41, 5.74) is 1.01. The van der Waals surface area contributed by atoms with Gasteiger partial charge in [-0.05, 0) is 30.4 Å². The molecule has 0 atom stereocenters. The molecule has 1 amide bonds. The maximum Gasteiger partial charge on any atom is 0.407 e. The minimum atomic E-state index is -1.04. The predicted molar refractivity (Wildman–Crippen MR) is 62.8 cm³/mol. The summed E-state index contributed by atoms with van der Waals surface area (Å²) < 4.78 is 0. The SMILES string of the molecule is O=C(O)c1ccc(C2CCN(C(=O)O)CC2)cn1. The number of hydrogen-bond acceptors (Lipinski definition) is 3. The van der Waals surface area contributed by atoms with Crippen molar-refractivity contribution in [2.75, 3.05) is 13.1 Å². The van der Waals surface area contributed by atoms with Crippen LogP contribution in [0.1, 0.15) is 34.8 Å². The molecule has 1 aliphatic heterocycles. The topological polar surface area (TPSA) is 90.7 Å². The number of likely N-dealkylation sites (tertiary alicyclic amines) is 1. The first kappa shape index (κ1) is 12.3. The van der Waals surface area contributed by atoms with Crippen molar-refractivity contribution in [3.05, 3.63) is 29.6 Å². The fourth-order valence-corrected chi connectivity index (χ4v) is 2.18. The first-order valence-electron chi connectivity index (χ1n) is 5.75. The van der Waals surface area contributed by atoms with Gasteiger partial charge in [-0.1, -0.05) is 6.07 Å². The van der Waals surface area contributed by atoms with Crippen LogP contribution in [0.25, 0.3) is 0 Å². The van der Waals surface area contributed by atoms with E-state index in [1.807, 2.05) is 0 Å². The third-order valence-electron chi connectivity index (χ3n) is 3.24. The van der Waals surface area contributed by atoms with Crippen LogP contribution in [0.2, 0.25) is 0 Å². The van der Waals surface area contributed by atoms with Crippen LogP contribution in [-0.2, 0) is 0 Å². The summed E-state index contributed by atoms with van der Waals surface area (Å²) in [5, 5.41) is 17.6. The highest BCUT2D eigenvalue weighted by Crippen LogP contribution is 2.27. The van der Waals surface area contributed by atoms with E-state index in [1.54, 1.807) is 12.3 Å². The Morgan fingerprint density at radius 3 is 2.33 bits per heavy atom. The molecule has 0 radical (unpaired) electrons. The molecule has 1 fully saturated rings. The fraction of sp³-hybridized carbons (Fsp3) is 0.417. The molecule has 2 rings (SSSR count). The summed E-state index contributed by atoms with van der Waals surface area (Å²) in [6, 6.07) is 3.25. The number of aromatic nitrogens is 1. The predicted octanol–water partition coefficient (Wildman–Crippen LogP) is 1.64. The van der Waals surface area contributed by atoms with Gasteiger partial charge in [0.2, 0.25) is 0 Å². The minimum absolute atomic E-state index is 0.0294. The molecule has 2 heterocycles. The summed E-state index contributed by atoms with van der Waals surface area (Å²) in [6.45, 7) is 1.03. The van der Waals surface area contributed by atoms with Crippen molar-refractivity contribution >= 4 is 12.1 Å². The lowest BCUT2D eigenvalue weighted by atomic mass is 9.90. The molecular formula is C12H14N2O4. The standard InChI is InChI=1S/C12H14N2O4/c15-11(16)10-2-1-9(7-13-10)8-3-5-14(6-4-8)12(17)18/h1-2,7-8H,3-6H2,(H,15,16)(H,17,18).